The lowest BCUT2D eigenvalue weighted by atomic mass is 9.95. The van der Waals surface area contributed by atoms with Crippen LogP contribution in [-0.4, -0.2) is 51.9 Å². The van der Waals surface area contributed by atoms with Gasteiger partial charge in [0.05, 0.1) is 12.1 Å². The molecule has 1 unspecified atom stereocenters. The molecule has 1 N–H and O–H groups in total. The number of nitrogens with zero attached hydrogens (tertiary/aromatic N) is 3. The predicted octanol–water partition coefficient (Wildman–Crippen LogP) is 3.57. The summed E-state index contributed by atoms with van der Waals surface area (Å²) in [6.45, 7) is 7.70. The molecule has 3 rings (SSSR count). The van der Waals surface area contributed by atoms with Crippen LogP contribution in [0.15, 0.2) is 42.7 Å². The van der Waals surface area contributed by atoms with Crippen LogP contribution in [0.25, 0.3) is 5.69 Å². The first kappa shape index (κ1) is 21.9. The number of rotatable bonds is 6. The third-order valence-electron chi connectivity index (χ3n) is 5.12. The highest BCUT2D eigenvalue weighted by Crippen LogP contribution is 2.21. The number of carbonyl (C=O) groups excluding carboxylic acids is 2. The summed E-state index contributed by atoms with van der Waals surface area (Å²) in [6.07, 6.45) is 6.65. The van der Waals surface area contributed by atoms with Crippen LogP contribution in [0, 0.1) is 5.92 Å². The number of ether oxygens (including phenoxy) is 1. The van der Waals surface area contributed by atoms with E-state index in [1.807, 2.05) is 57.3 Å². The molecular formula is C23H32N4O3. The van der Waals surface area contributed by atoms with E-state index in [1.54, 1.807) is 15.8 Å². The highest BCUT2D eigenvalue weighted by atomic mass is 16.6. The molecule has 0 radical (unpaired) electrons. The number of hydrogen-bond donors (Lipinski definition) is 1. The van der Waals surface area contributed by atoms with Gasteiger partial charge in [-0.2, -0.15) is 5.10 Å². The van der Waals surface area contributed by atoms with Crippen LogP contribution < -0.4 is 5.32 Å². The SMILES string of the molecule is CC(C)(C)OC(=O)N1CCCC(CCNC(=O)Cc2ccc(-n3cccn3)cc2)C1. The molecule has 162 valence electrons. The van der Waals surface area contributed by atoms with E-state index in [0.717, 1.165) is 37.1 Å². The summed E-state index contributed by atoms with van der Waals surface area (Å²) in [7, 11) is 0. The van der Waals surface area contributed by atoms with E-state index >= 15 is 0 Å². The van der Waals surface area contributed by atoms with Crippen molar-refractivity contribution in [1.82, 2.24) is 20.0 Å². The highest BCUT2D eigenvalue weighted by Gasteiger charge is 2.27. The van der Waals surface area contributed by atoms with Gasteiger partial charge in [-0.05, 0) is 69.7 Å². The lowest BCUT2D eigenvalue weighted by molar-refractivity contribution is -0.120. The number of hydrogen-bond acceptors (Lipinski definition) is 4. The Bertz CT molecular complexity index is 825. The molecule has 1 atom stereocenters. The number of amides is 2. The van der Waals surface area contributed by atoms with E-state index in [1.165, 1.54) is 0 Å². The average molecular weight is 413 g/mol. The van der Waals surface area contributed by atoms with Crippen molar-refractivity contribution < 1.29 is 14.3 Å². The Morgan fingerprint density at radius 2 is 2.00 bits per heavy atom. The molecule has 2 aromatic rings. The van der Waals surface area contributed by atoms with E-state index in [4.69, 9.17) is 4.74 Å². The van der Waals surface area contributed by atoms with Gasteiger partial charge in [-0.3, -0.25) is 4.79 Å². The minimum atomic E-state index is -0.478. The van der Waals surface area contributed by atoms with Gasteiger partial charge in [0.15, 0.2) is 0 Å². The largest absolute Gasteiger partial charge is 0.444 e. The van der Waals surface area contributed by atoms with Gasteiger partial charge in [-0.25, -0.2) is 9.48 Å². The van der Waals surface area contributed by atoms with E-state index in [9.17, 15) is 9.59 Å². The molecule has 7 nitrogen and oxygen atoms in total. The van der Waals surface area contributed by atoms with Crippen molar-refractivity contribution >= 4 is 12.0 Å². The highest BCUT2D eigenvalue weighted by molar-refractivity contribution is 5.78. The molecular weight excluding hydrogens is 380 g/mol. The minimum Gasteiger partial charge on any atom is -0.444 e. The van der Waals surface area contributed by atoms with Crippen LogP contribution in [0.4, 0.5) is 4.79 Å². The lowest BCUT2D eigenvalue weighted by Crippen LogP contribution is -2.43. The van der Waals surface area contributed by atoms with Crippen molar-refractivity contribution in [2.75, 3.05) is 19.6 Å². The quantitative estimate of drug-likeness (QED) is 0.787. The molecule has 0 spiro atoms. The molecule has 1 fully saturated rings. The summed E-state index contributed by atoms with van der Waals surface area (Å²) in [6, 6.07) is 9.71. The standard InChI is InChI=1S/C23H32N4O3/c1-23(2,3)30-22(29)26-14-4-6-19(17-26)11-13-24-21(28)16-18-7-9-20(10-8-18)27-15-5-12-25-27/h5,7-10,12,15,19H,4,6,11,13-14,16-17H2,1-3H3,(H,24,28). The zero-order valence-electron chi connectivity index (χ0n) is 18.1. The normalized spacial score (nSPS) is 16.9. The van der Waals surface area contributed by atoms with Gasteiger partial charge in [0.25, 0.3) is 0 Å². The number of benzene rings is 1. The molecule has 7 heteroatoms. The van der Waals surface area contributed by atoms with E-state index in [0.29, 0.717) is 25.4 Å². The third-order valence-corrected chi connectivity index (χ3v) is 5.12. The average Bonchev–Trinajstić information content (AvgIpc) is 3.22. The van der Waals surface area contributed by atoms with Crippen molar-refractivity contribution in [2.24, 2.45) is 5.92 Å². The van der Waals surface area contributed by atoms with Gasteiger partial charge < -0.3 is 15.0 Å². The molecule has 30 heavy (non-hydrogen) atoms. The first-order chi connectivity index (χ1) is 14.3. The second-order valence-electron chi connectivity index (χ2n) is 8.87. The lowest BCUT2D eigenvalue weighted by Gasteiger charge is -2.34. The van der Waals surface area contributed by atoms with Crippen molar-refractivity contribution in [2.45, 2.75) is 52.1 Å². The molecule has 0 aliphatic carbocycles. The van der Waals surface area contributed by atoms with Crippen LogP contribution in [0.2, 0.25) is 0 Å². The van der Waals surface area contributed by atoms with Gasteiger partial charge in [-0.1, -0.05) is 12.1 Å². The number of piperidine rings is 1. The topological polar surface area (TPSA) is 76.5 Å². The molecule has 0 bridgehead atoms. The van der Waals surface area contributed by atoms with Crippen LogP contribution >= 0.6 is 0 Å². The fraction of sp³-hybridized carbons (Fsp3) is 0.522. The maximum atomic E-state index is 12.3. The minimum absolute atomic E-state index is 0.0154. The van der Waals surface area contributed by atoms with Gasteiger partial charge in [-0.15, -0.1) is 0 Å². The van der Waals surface area contributed by atoms with Gasteiger partial charge >= 0.3 is 6.09 Å². The molecule has 1 aromatic carbocycles. The number of likely N-dealkylation sites (tertiary alicyclic amines) is 1. The predicted molar refractivity (Wildman–Crippen MR) is 115 cm³/mol. The van der Waals surface area contributed by atoms with Crippen molar-refractivity contribution in [1.29, 1.82) is 0 Å². The second kappa shape index (κ2) is 9.78. The fourth-order valence-electron chi connectivity index (χ4n) is 3.64. The van der Waals surface area contributed by atoms with Crippen molar-refractivity contribution in [3.8, 4) is 5.69 Å². The van der Waals surface area contributed by atoms with Crippen LogP contribution in [0.5, 0.6) is 0 Å². The molecule has 1 aromatic heterocycles. The second-order valence-corrected chi connectivity index (χ2v) is 8.87. The van der Waals surface area contributed by atoms with Crippen molar-refractivity contribution in [3.63, 3.8) is 0 Å². The molecule has 2 heterocycles. The van der Waals surface area contributed by atoms with E-state index in [2.05, 4.69) is 10.4 Å². The Kier molecular flexibility index (Phi) is 7.13. The van der Waals surface area contributed by atoms with Crippen molar-refractivity contribution in [3.05, 3.63) is 48.3 Å². The van der Waals surface area contributed by atoms with Crippen LogP contribution in [-0.2, 0) is 16.0 Å². The molecule has 1 saturated heterocycles. The van der Waals surface area contributed by atoms with E-state index in [-0.39, 0.29) is 12.0 Å². The fourth-order valence-corrected chi connectivity index (χ4v) is 3.64. The number of nitrogens with one attached hydrogen (secondary N) is 1. The molecule has 1 aliphatic rings. The Labute approximate surface area is 178 Å². The number of carbonyl (C=O) groups is 2. The Morgan fingerprint density at radius 3 is 2.67 bits per heavy atom. The van der Waals surface area contributed by atoms with Gasteiger partial charge in [0.2, 0.25) is 5.91 Å². The summed E-state index contributed by atoms with van der Waals surface area (Å²) in [5, 5.41) is 7.21. The molecule has 2 amide bonds. The Balaban J connectivity index is 1.39. The van der Waals surface area contributed by atoms with E-state index < -0.39 is 5.60 Å². The molecule has 0 saturated carbocycles. The third kappa shape index (κ3) is 6.61. The molecule has 1 aliphatic heterocycles. The zero-order chi connectivity index (χ0) is 21.6. The Morgan fingerprint density at radius 1 is 1.23 bits per heavy atom. The summed E-state index contributed by atoms with van der Waals surface area (Å²) in [5.74, 6) is 0.404. The van der Waals surface area contributed by atoms with Gasteiger partial charge in [0, 0.05) is 32.0 Å². The van der Waals surface area contributed by atoms with Crippen LogP contribution in [0.3, 0.4) is 0 Å². The first-order valence-electron chi connectivity index (χ1n) is 10.6. The maximum Gasteiger partial charge on any atom is 0.410 e. The number of aromatic nitrogens is 2. The summed E-state index contributed by atoms with van der Waals surface area (Å²) < 4.78 is 7.26. The Hall–Kier alpha value is -2.83. The monoisotopic (exact) mass is 412 g/mol. The zero-order valence-corrected chi connectivity index (χ0v) is 18.1. The summed E-state index contributed by atoms with van der Waals surface area (Å²) in [4.78, 5) is 26.3. The first-order valence-corrected chi connectivity index (χ1v) is 10.6. The van der Waals surface area contributed by atoms with Gasteiger partial charge in [0.1, 0.15) is 5.60 Å². The summed E-state index contributed by atoms with van der Waals surface area (Å²) >= 11 is 0. The summed E-state index contributed by atoms with van der Waals surface area (Å²) in [5.41, 5.74) is 1.46. The maximum absolute atomic E-state index is 12.3. The van der Waals surface area contributed by atoms with Crippen LogP contribution in [0.1, 0.15) is 45.6 Å². The smallest absolute Gasteiger partial charge is 0.410 e.